The molecule has 3 rings (SSSR count). The predicted molar refractivity (Wildman–Crippen MR) is 107 cm³/mol. The van der Waals surface area contributed by atoms with Crippen LogP contribution in [0.3, 0.4) is 0 Å². The molecule has 0 unspecified atom stereocenters. The van der Waals surface area contributed by atoms with Gasteiger partial charge in [0.15, 0.2) is 5.76 Å². The molecule has 8 nitrogen and oxygen atoms in total. The number of anilines is 1. The summed E-state index contributed by atoms with van der Waals surface area (Å²) in [5.41, 5.74) is 6.34. The second-order valence-electron chi connectivity index (χ2n) is 6.28. The molecule has 0 atom stereocenters. The fourth-order valence-corrected chi connectivity index (χ4v) is 3.71. The summed E-state index contributed by atoms with van der Waals surface area (Å²) in [5.74, 6) is -1.26. The van der Waals surface area contributed by atoms with Crippen LogP contribution in [0, 0.1) is 13.8 Å². The first-order valence-corrected chi connectivity index (χ1v) is 10.1. The first-order valence-electron chi connectivity index (χ1n) is 8.61. The first kappa shape index (κ1) is 20.2. The molecule has 3 N–H and O–H groups in total. The van der Waals surface area contributed by atoms with E-state index in [2.05, 4.69) is 15.6 Å². The van der Waals surface area contributed by atoms with Gasteiger partial charge in [0.1, 0.15) is 0 Å². The lowest BCUT2D eigenvalue weighted by Crippen LogP contribution is -2.41. The van der Waals surface area contributed by atoms with Crippen LogP contribution in [0.25, 0.3) is 0 Å². The third-order valence-electron chi connectivity index (χ3n) is 4.19. The number of nitrogens with one attached hydrogen (secondary N) is 3. The van der Waals surface area contributed by atoms with E-state index in [1.165, 1.54) is 36.6 Å². The van der Waals surface area contributed by atoms with E-state index < -0.39 is 21.8 Å². The third kappa shape index (κ3) is 4.64. The lowest BCUT2D eigenvalue weighted by atomic mass is 10.1. The lowest BCUT2D eigenvalue weighted by Gasteiger charge is -2.13. The summed E-state index contributed by atoms with van der Waals surface area (Å²) in [6, 6.07) is 14.1. The van der Waals surface area contributed by atoms with E-state index in [1.54, 1.807) is 38.1 Å². The lowest BCUT2D eigenvalue weighted by molar-refractivity contribution is 0.0830. The molecule has 150 valence electrons. The molecule has 0 saturated carbocycles. The quantitative estimate of drug-likeness (QED) is 0.556. The number of hydrogen-bond donors (Lipinski definition) is 3. The number of carbonyl (C=O) groups is 2. The standard InChI is InChI=1S/C20H19N3O5S/c1-13-9-10-15(29(26,27)23-17-7-4-3-6-14(17)2)12-16(13)19(24)21-22-20(25)18-8-5-11-28-18/h3-12,23H,1-2H3,(H,21,24)(H,22,25). The van der Waals surface area contributed by atoms with Crippen LogP contribution in [0.1, 0.15) is 32.0 Å². The van der Waals surface area contributed by atoms with Crippen molar-refractivity contribution in [2.45, 2.75) is 18.7 Å². The molecule has 2 aromatic carbocycles. The highest BCUT2D eigenvalue weighted by Crippen LogP contribution is 2.21. The molecule has 0 saturated heterocycles. The Kier molecular flexibility index (Phi) is 5.69. The summed E-state index contributed by atoms with van der Waals surface area (Å²) in [6.45, 7) is 3.45. The van der Waals surface area contributed by atoms with Crippen molar-refractivity contribution in [3.8, 4) is 0 Å². The van der Waals surface area contributed by atoms with Crippen molar-refractivity contribution >= 4 is 27.5 Å². The molecule has 29 heavy (non-hydrogen) atoms. The van der Waals surface area contributed by atoms with Crippen LogP contribution in [0.2, 0.25) is 0 Å². The van der Waals surface area contributed by atoms with Crippen LogP contribution in [0.15, 0.2) is 70.2 Å². The smallest absolute Gasteiger partial charge is 0.305 e. The fraction of sp³-hybridized carbons (Fsp3) is 0.100. The molecule has 0 fully saturated rings. The van der Waals surface area contributed by atoms with Crippen LogP contribution in [-0.4, -0.2) is 20.2 Å². The number of rotatable bonds is 5. The molecule has 0 aliphatic heterocycles. The van der Waals surface area contributed by atoms with Gasteiger partial charge in [0.2, 0.25) is 0 Å². The average Bonchev–Trinajstić information content (AvgIpc) is 3.22. The van der Waals surface area contributed by atoms with E-state index in [1.807, 2.05) is 0 Å². The summed E-state index contributed by atoms with van der Waals surface area (Å²) >= 11 is 0. The van der Waals surface area contributed by atoms with Gasteiger partial charge in [0.05, 0.1) is 16.8 Å². The van der Waals surface area contributed by atoms with Gasteiger partial charge in [-0.3, -0.25) is 25.2 Å². The van der Waals surface area contributed by atoms with Gasteiger partial charge in [-0.2, -0.15) is 0 Å². The SMILES string of the molecule is Cc1ccccc1NS(=O)(=O)c1ccc(C)c(C(=O)NNC(=O)c2ccco2)c1. The molecule has 9 heteroatoms. The first-order chi connectivity index (χ1) is 13.8. The van der Waals surface area contributed by atoms with Gasteiger partial charge < -0.3 is 4.42 Å². The van der Waals surface area contributed by atoms with Gasteiger partial charge in [-0.15, -0.1) is 0 Å². The average molecular weight is 413 g/mol. The monoisotopic (exact) mass is 413 g/mol. The number of para-hydroxylation sites is 1. The maximum Gasteiger partial charge on any atom is 0.305 e. The zero-order chi connectivity index (χ0) is 21.0. The fourth-order valence-electron chi connectivity index (χ4n) is 2.55. The van der Waals surface area contributed by atoms with Crippen LogP contribution in [-0.2, 0) is 10.0 Å². The molecule has 0 aliphatic rings. The molecular weight excluding hydrogens is 394 g/mol. The van der Waals surface area contributed by atoms with Crippen LogP contribution < -0.4 is 15.6 Å². The van der Waals surface area contributed by atoms with Gasteiger partial charge >= 0.3 is 5.91 Å². The second kappa shape index (κ2) is 8.19. The zero-order valence-corrected chi connectivity index (χ0v) is 16.5. The highest BCUT2D eigenvalue weighted by molar-refractivity contribution is 7.92. The minimum atomic E-state index is -3.91. The highest BCUT2D eigenvalue weighted by Gasteiger charge is 2.19. The number of hydrazine groups is 1. The number of hydrogen-bond acceptors (Lipinski definition) is 5. The van der Waals surface area contributed by atoms with E-state index in [0.29, 0.717) is 11.3 Å². The Balaban J connectivity index is 1.79. The summed E-state index contributed by atoms with van der Waals surface area (Å²) < 4.78 is 32.9. The van der Waals surface area contributed by atoms with Crippen molar-refractivity contribution < 1.29 is 22.4 Å². The Hall–Kier alpha value is -3.59. The summed E-state index contributed by atoms with van der Waals surface area (Å²) in [5, 5.41) is 0. The molecule has 0 bridgehead atoms. The van der Waals surface area contributed by atoms with E-state index in [9.17, 15) is 18.0 Å². The number of aryl methyl sites for hydroxylation is 2. The van der Waals surface area contributed by atoms with Crippen molar-refractivity contribution in [1.29, 1.82) is 0 Å². The van der Waals surface area contributed by atoms with Crippen LogP contribution in [0.4, 0.5) is 5.69 Å². The van der Waals surface area contributed by atoms with Crippen molar-refractivity contribution in [1.82, 2.24) is 10.9 Å². The minimum absolute atomic E-state index is 0.0285. The van der Waals surface area contributed by atoms with Crippen molar-refractivity contribution in [3.63, 3.8) is 0 Å². The Morgan fingerprint density at radius 3 is 2.28 bits per heavy atom. The number of carbonyl (C=O) groups excluding carboxylic acids is 2. The maximum absolute atomic E-state index is 12.7. The second-order valence-corrected chi connectivity index (χ2v) is 7.97. The molecule has 1 aromatic heterocycles. The summed E-state index contributed by atoms with van der Waals surface area (Å²) in [7, 11) is -3.91. The van der Waals surface area contributed by atoms with Gasteiger partial charge in [-0.1, -0.05) is 24.3 Å². The predicted octanol–water partition coefficient (Wildman–Crippen LogP) is 2.77. The maximum atomic E-state index is 12.7. The minimum Gasteiger partial charge on any atom is -0.459 e. The van der Waals surface area contributed by atoms with Gasteiger partial charge in [0.25, 0.3) is 15.9 Å². The molecule has 1 heterocycles. The van der Waals surface area contributed by atoms with E-state index in [4.69, 9.17) is 4.42 Å². The topological polar surface area (TPSA) is 118 Å². The van der Waals surface area contributed by atoms with Gasteiger partial charge in [-0.05, 0) is 55.3 Å². The number of benzene rings is 2. The Labute approximate surface area is 168 Å². The Morgan fingerprint density at radius 1 is 0.862 bits per heavy atom. The largest absolute Gasteiger partial charge is 0.459 e. The van der Waals surface area contributed by atoms with Gasteiger partial charge in [-0.25, -0.2) is 8.42 Å². The van der Waals surface area contributed by atoms with Gasteiger partial charge in [0, 0.05) is 5.56 Å². The number of sulfonamides is 1. The van der Waals surface area contributed by atoms with E-state index >= 15 is 0 Å². The Bertz CT molecular complexity index is 1150. The highest BCUT2D eigenvalue weighted by atomic mass is 32.2. The normalized spacial score (nSPS) is 11.0. The molecule has 0 aliphatic carbocycles. The summed E-state index contributed by atoms with van der Waals surface area (Å²) in [6.07, 6.45) is 1.33. The van der Waals surface area contributed by atoms with Crippen LogP contribution >= 0.6 is 0 Å². The summed E-state index contributed by atoms with van der Waals surface area (Å²) in [4.78, 5) is 24.2. The van der Waals surface area contributed by atoms with Crippen molar-refractivity contribution in [2.24, 2.45) is 0 Å². The van der Waals surface area contributed by atoms with E-state index in [-0.39, 0.29) is 16.2 Å². The zero-order valence-electron chi connectivity index (χ0n) is 15.7. The number of amides is 2. The Morgan fingerprint density at radius 2 is 1.59 bits per heavy atom. The number of furan rings is 1. The van der Waals surface area contributed by atoms with Crippen LogP contribution in [0.5, 0.6) is 0 Å². The molecule has 0 spiro atoms. The molecular formula is C20H19N3O5S. The van der Waals surface area contributed by atoms with Crippen molar-refractivity contribution in [3.05, 3.63) is 83.3 Å². The van der Waals surface area contributed by atoms with Crippen molar-refractivity contribution in [2.75, 3.05) is 4.72 Å². The third-order valence-corrected chi connectivity index (χ3v) is 5.55. The molecule has 0 radical (unpaired) electrons. The molecule has 3 aromatic rings. The molecule has 2 amide bonds. The van der Waals surface area contributed by atoms with E-state index in [0.717, 1.165) is 5.56 Å².